The van der Waals surface area contributed by atoms with Crippen LogP contribution in [0.2, 0.25) is 0 Å². The Morgan fingerprint density at radius 3 is 2.54 bits per heavy atom. The lowest BCUT2D eigenvalue weighted by atomic mass is 10.0. The van der Waals surface area contributed by atoms with E-state index in [1.165, 1.54) is 0 Å². The van der Waals surface area contributed by atoms with Gasteiger partial charge in [0.1, 0.15) is 24.3 Å². The first kappa shape index (κ1) is 25.6. The Kier molecular flexibility index (Phi) is 8.65. The van der Waals surface area contributed by atoms with E-state index in [9.17, 15) is 9.18 Å². The third-order valence-corrected chi connectivity index (χ3v) is 5.84. The van der Waals surface area contributed by atoms with Crippen LogP contribution in [0.5, 0.6) is 5.75 Å². The van der Waals surface area contributed by atoms with E-state index < -0.39 is 12.7 Å². The maximum absolute atomic E-state index is 13.3. The van der Waals surface area contributed by atoms with E-state index in [0.717, 1.165) is 22.4 Å². The first-order valence-corrected chi connectivity index (χ1v) is 12.0. The lowest BCUT2D eigenvalue weighted by Gasteiger charge is -2.16. The molecule has 1 heterocycles. The summed E-state index contributed by atoms with van der Waals surface area (Å²) in [4.78, 5) is 21.7. The first-order valence-electron chi connectivity index (χ1n) is 12.0. The zero-order valence-electron chi connectivity index (χ0n) is 20.6. The van der Waals surface area contributed by atoms with E-state index in [4.69, 9.17) is 14.9 Å². The molecule has 0 aliphatic carbocycles. The van der Waals surface area contributed by atoms with Crippen molar-refractivity contribution in [2.24, 2.45) is 10.7 Å². The third kappa shape index (κ3) is 6.82. The first-order chi connectivity index (χ1) is 18.1. The number of hydrogen-bond donors (Lipinski definition) is 2. The SMILES string of the molecule is COc1ccc(-c2cccc(C(=O)NC(CCCN=C(N)CF)c3ncc(-c4ccccc4)o3)c2)cc1. The summed E-state index contributed by atoms with van der Waals surface area (Å²) in [5.41, 5.74) is 8.74. The predicted octanol–water partition coefficient (Wildman–Crippen LogP) is 5.60. The molecule has 190 valence electrons. The van der Waals surface area contributed by atoms with Crippen LogP contribution in [0.25, 0.3) is 22.5 Å². The number of alkyl halides is 1. The minimum absolute atomic E-state index is 0.0431. The maximum atomic E-state index is 13.3. The number of ether oxygens (including phenoxy) is 1. The van der Waals surface area contributed by atoms with Crippen LogP contribution >= 0.6 is 0 Å². The summed E-state index contributed by atoms with van der Waals surface area (Å²) in [5.74, 6) is 1.46. The molecule has 8 heteroatoms. The molecule has 0 radical (unpaired) electrons. The monoisotopic (exact) mass is 500 g/mol. The number of benzene rings is 3. The van der Waals surface area contributed by atoms with Gasteiger partial charge in [-0.25, -0.2) is 9.37 Å². The number of nitrogens with zero attached hydrogens (tertiary/aromatic N) is 2. The van der Waals surface area contributed by atoms with Gasteiger partial charge in [0.2, 0.25) is 5.89 Å². The summed E-state index contributed by atoms with van der Waals surface area (Å²) in [6, 6.07) is 24.1. The highest BCUT2D eigenvalue weighted by Crippen LogP contribution is 2.27. The third-order valence-electron chi connectivity index (χ3n) is 5.84. The number of amidine groups is 1. The normalized spacial score (nSPS) is 12.2. The average Bonchev–Trinajstić information content (AvgIpc) is 3.45. The number of nitrogens with one attached hydrogen (secondary N) is 1. The second-order valence-electron chi connectivity index (χ2n) is 8.41. The lowest BCUT2D eigenvalue weighted by Crippen LogP contribution is -2.29. The quantitative estimate of drug-likeness (QED) is 0.159. The molecule has 0 spiro atoms. The number of oxazole rings is 1. The summed E-state index contributed by atoms with van der Waals surface area (Å²) in [6.45, 7) is -0.452. The van der Waals surface area contributed by atoms with Crippen LogP contribution in [0.1, 0.15) is 35.1 Å². The topological polar surface area (TPSA) is 103 Å². The van der Waals surface area contributed by atoms with Gasteiger partial charge < -0.3 is 20.2 Å². The summed E-state index contributed by atoms with van der Waals surface area (Å²) in [7, 11) is 1.62. The van der Waals surface area contributed by atoms with Crippen molar-refractivity contribution in [1.82, 2.24) is 10.3 Å². The number of methoxy groups -OCH3 is 1. The highest BCUT2D eigenvalue weighted by Gasteiger charge is 2.21. The molecule has 4 aromatic rings. The van der Waals surface area contributed by atoms with Crippen LogP contribution in [-0.4, -0.2) is 37.1 Å². The van der Waals surface area contributed by atoms with E-state index in [1.807, 2.05) is 72.8 Å². The van der Waals surface area contributed by atoms with Crippen molar-refractivity contribution in [3.63, 3.8) is 0 Å². The molecular weight excluding hydrogens is 471 g/mol. The molecule has 1 amide bonds. The number of hydrogen-bond acceptors (Lipinski definition) is 5. The van der Waals surface area contributed by atoms with Crippen molar-refractivity contribution in [1.29, 1.82) is 0 Å². The van der Waals surface area contributed by atoms with Crippen molar-refractivity contribution in [2.75, 3.05) is 20.3 Å². The second-order valence-corrected chi connectivity index (χ2v) is 8.41. The fraction of sp³-hybridized carbons (Fsp3) is 0.207. The van der Waals surface area contributed by atoms with Crippen molar-refractivity contribution >= 4 is 11.7 Å². The van der Waals surface area contributed by atoms with E-state index in [2.05, 4.69) is 15.3 Å². The van der Waals surface area contributed by atoms with Gasteiger partial charge in [-0.2, -0.15) is 0 Å². The number of aromatic nitrogens is 1. The number of nitrogens with two attached hydrogens (primary N) is 1. The fourth-order valence-electron chi connectivity index (χ4n) is 3.87. The van der Waals surface area contributed by atoms with Crippen LogP contribution in [0.3, 0.4) is 0 Å². The molecular formula is C29H29FN4O3. The van der Waals surface area contributed by atoms with E-state index in [0.29, 0.717) is 36.6 Å². The zero-order valence-corrected chi connectivity index (χ0v) is 20.6. The van der Waals surface area contributed by atoms with Gasteiger partial charge in [-0.15, -0.1) is 0 Å². The van der Waals surface area contributed by atoms with Gasteiger partial charge in [-0.3, -0.25) is 9.79 Å². The smallest absolute Gasteiger partial charge is 0.251 e. The summed E-state index contributed by atoms with van der Waals surface area (Å²) in [6.07, 6.45) is 2.69. The number of aliphatic imine (C=N–C) groups is 1. The van der Waals surface area contributed by atoms with Crippen LogP contribution in [0.4, 0.5) is 4.39 Å². The summed E-state index contributed by atoms with van der Waals surface area (Å²) < 4.78 is 23.9. The molecule has 3 aromatic carbocycles. The van der Waals surface area contributed by atoms with Gasteiger partial charge in [0.15, 0.2) is 5.76 Å². The van der Waals surface area contributed by atoms with Gasteiger partial charge >= 0.3 is 0 Å². The van der Waals surface area contributed by atoms with Crippen molar-refractivity contribution in [3.8, 4) is 28.2 Å². The number of rotatable bonds is 11. The highest BCUT2D eigenvalue weighted by molar-refractivity contribution is 5.95. The molecule has 1 unspecified atom stereocenters. The Labute approximate surface area is 215 Å². The van der Waals surface area contributed by atoms with E-state index in [-0.39, 0.29) is 11.7 Å². The van der Waals surface area contributed by atoms with Crippen LogP contribution in [0.15, 0.2) is 94.5 Å². The summed E-state index contributed by atoms with van der Waals surface area (Å²) >= 11 is 0. The van der Waals surface area contributed by atoms with Gasteiger partial charge in [-0.05, 0) is 48.2 Å². The van der Waals surface area contributed by atoms with Gasteiger partial charge in [-0.1, -0.05) is 54.6 Å². The Morgan fingerprint density at radius 2 is 1.81 bits per heavy atom. The fourth-order valence-corrected chi connectivity index (χ4v) is 3.87. The standard InChI is InChI=1S/C29H29FN4O3/c1-36-24-14-12-20(13-15-24)22-9-5-10-23(17-22)28(35)34-25(11-6-16-32-27(31)18-30)29-33-19-26(37-29)21-7-3-2-4-8-21/h2-5,7-10,12-15,17,19,25H,6,11,16,18H2,1H3,(H2,31,32)(H,34,35). The molecule has 0 saturated heterocycles. The maximum Gasteiger partial charge on any atom is 0.251 e. The molecule has 0 saturated carbocycles. The molecule has 37 heavy (non-hydrogen) atoms. The lowest BCUT2D eigenvalue weighted by molar-refractivity contribution is 0.0927. The minimum Gasteiger partial charge on any atom is -0.497 e. The van der Waals surface area contributed by atoms with Crippen molar-refractivity contribution < 1.29 is 18.3 Å². The molecule has 4 rings (SSSR count). The van der Waals surface area contributed by atoms with Crippen molar-refractivity contribution in [2.45, 2.75) is 18.9 Å². The number of carbonyl (C=O) groups is 1. The molecule has 0 bridgehead atoms. The molecule has 0 aliphatic heterocycles. The van der Waals surface area contributed by atoms with Gasteiger partial charge in [0, 0.05) is 17.7 Å². The van der Waals surface area contributed by atoms with Crippen LogP contribution in [0, 0.1) is 0 Å². The summed E-state index contributed by atoms with van der Waals surface area (Å²) in [5, 5.41) is 3.04. The minimum atomic E-state index is -0.787. The Hall–Kier alpha value is -4.46. The van der Waals surface area contributed by atoms with E-state index >= 15 is 0 Å². The zero-order chi connectivity index (χ0) is 26.0. The number of halogens is 1. The number of carbonyl (C=O) groups excluding carboxylic acids is 1. The Morgan fingerprint density at radius 1 is 1.05 bits per heavy atom. The molecule has 1 atom stereocenters. The largest absolute Gasteiger partial charge is 0.497 e. The van der Waals surface area contributed by atoms with Crippen LogP contribution < -0.4 is 15.8 Å². The molecule has 0 aliphatic rings. The van der Waals surface area contributed by atoms with Crippen molar-refractivity contribution in [3.05, 3.63) is 96.5 Å². The molecule has 1 aromatic heterocycles. The highest BCUT2D eigenvalue weighted by atomic mass is 19.1. The molecule has 0 fully saturated rings. The number of amides is 1. The van der Waals surface area contributed by atoms with Gasteiger partial charge in [0.25, 0.3) is 5.91 Å². The average molecular weight is 501 g/mol. The predicted molar refractivity (Wildman–Crippen MR) is 142 cm³/mol. The molecule has 3 N–H and O–H groups in total. The van der Waals surface area contributed by atoms with Crippen LogP contribution in [-0.2, 0) is 0 Å². The Bertz CT molecular complexity index is 1340. The molecule has 7 nitrogen and oxygen atoms in total. The Balaban J connectivity index is 1.53. The van der Waals surface area contributed by atoms with E-state index in [1.54, 1.807) is 19.4 Å². The second kappa shape index (κ2) is 12.5. The van der Waals surface area contributed by atoms with Gasteiger partial charge in [0.05, 0.1) is 13.3 Å².